The lowest BCUT2D eigenvalue weighted by Crippen LogP contribution is -2.58. The van der Waals surface area contributed by atoms with E-state index in [0.29, 0.717) is 12.1 Å². The van der Waals surface area contributed by atoms with Gasteiger partial charge in [0.05, 0.1) is 11.7 Å². The van der Waals surface area contributed by atoms with E-state index in [2.05, 4.69) is 30.9 Å². The van der Waals surface area contributed by atoms with Gasteiger partial charge in [-0.2, -0.15) is 0 Å². The lowest BCUT2D eigenvalue weighted by molar-refractivity contribution is -0.0907. The Bertz CT molecular complexity index is 263. The first kappa shape index (κ1) is 15.9. The minimum atomic E-state index is -0.487. The molecule has 0 saturated heterocycles. The number of likely N-dealkylation sites (N-methyl/N-ethyl adjacent to an activating group) is 2. The standard InChI is InChI=1S/C14H30N2O2/c1-13(2,18-6)12(17)10-16(5)11-14(15(3)4)8-7-9-14/h12,17H,7-11H2,1-6H3. The summed E-state index contributed by atoms with van der Waals surface area (Å²) in [6.07, 6.45) is 3.37. The van der Waals surface area contributed by atoms with E-state index >= 15 is 0 Å². The molecule has 1 fully saturated rings. The Labute approximate surface area is 112 Å². The van der Waals surface area contributed by atoms with Crippen molar-refractivity contribution in [3.63, 3.8) is 0 Å². The van der Waals surface area contributed by atoms with Crippen molar-refractivity contribution in [2.24, 2.45) is 0 Å². The van der Waals surface area contributed by atoms with Gasteiger partial charge in [0.15, 0.2) is 0 Å². The molecule has 0 radical (unpaired) electrons. The van der Waals surface area contributed by atoms with Crippen LogP contribution in [0, 0.1) is 0 Å². The Hall–Kier alpha value is -0.160. The third-order valence-electron chi connectivity index (χ3n) is 4.61. The van der Waals surface area contributed by atoms with Gasteiger partial charge >= 0.3 is 0 Å². The van der Waals surface area contributed by atoms with Gasteiger partial charge in [0.1, 0.15) is 0 Å². The Morgan fingerprint density at radius 1 is 1.28 bits per heavy atom. The predicted octanol–water partition coefficient (Wildman–Crippen LogP) is 1.19. The summed E-state index contributed by atoms with van der Waals surface area (Å²) in [6, 6.07) is 0. The van der Waals surface area contributed by atoms with E-state index in [1.807, 2.05) is 13.8 Å². The van der Waals surface area contributed by atoms with Gasteiger partial charge in [0, 0.05) is 25.7 Å². The third kappa shape index (κ3) is 3.44. The van der Waals surface area contributed by atoms with Gasteiger partial charge in [0.25, 0.3) is 0 Å². The summed E-state index contributed by atoms with van der Waals surface area (Å²) in [4.78, 5) is 4.56. The maximum Gasteiger partial charge on any atom is 0.0950 e. The van der Waals surface area contributed by atoms with Crippen LogP contribution in [-0.2, 0) is 4.74 Å². The molecule has 4 nitrogen and oxygen atoms in total. The molecule has 18 heavy (non-hydrogen) atoms. The van der Waals surface area contributed by atoms with Crippen LogP contribution < -0.4 is 0 Å². The van der Waals surface area contributed by atoms with Crippen LogP contribution in [0.4, 0.5) is 0 Å². The average molecular weight is 258 g/mol. The van der Waals surface area contributed by atoms with Crippen molar-refractivity contribution in [2.75, 3.05) is 41.3 Å². The molecule has 0 aromatic heterocycles. The molecular formula is C14H30N2O2. The first-order valence-corrected chi connectivity index (χ1v) is 6.83. The molecule has 1 N–H and O–H groups in total. The lowest BCUT2D eigenvalue weighted by atomic mass is 9.75. The minimum Gasteiger partial charge on any atom is -0.389 e. The summed E-state index contributed by atoms with van der Waals surface area (Å²) in [7, 11) is 8.04. The molecule has 1 rings (SSSR count). The highest BCUT2D eigenvalue weighted by atomic mass is 16.5. The molecule has 1 atom stereocenters. The molecule has 0 amide bonds. The highest BCUT2D eigenvalue weighted by Gasteiger charge is 2.40. The monoisotopic (exact) mass is 258 g/mol. The van der Waals surface area contributed by atoms with Crippen molar-refractivity contribution < 1.29 is 9.84 Å². The summed E-state index contributed by atoms with van der Waals surface area (Å²) < 4.78 is 5.33. The topological polar surface area (TPSA) is 35.9 Å². The van der Waals surface area contributed by atoms with Crippen LogP contribution in [0.1, 0.15) is 33.1 Å². The second-order valence-electron chi connectivity index (χ2n) is 6.49. The summed E-state index contributed by atoms with van der Waals surface area (Å²) in [5.74, 6) is 0. The molecule has 0 aromatic carbocycles. The van der Waals surface area contributed by atoms with E-state index in [9.17, 15) is 5.11 Å². The zero-order valence-corrected chi connectivity index (χ0v) is 12.9. The summed E-state index contributed by atoms with van der Waals surface area (Å²) in [5, 5.41) is 10.2. The van der Waals surface area contributed by atoms with Crippen LogP contribution in [0.3, 0.4) is 0 Å². The van der Waals surface area contributed by atoms with Crippen molar-refractivity contribution in [3.05, 3.63) is 0 Å². The van der Waals surface area contributed by atoms with E-state index < -0.39 is 11.7 Å². The highest BCUT2D eigenvalue weighted by Crippen LogP contribution is 2.36. The molecule has 108 valence electrons. The Balaban J connectivity index is 2.49. The molecule has 4 heteroatoms. The largest absolute Gasteiger partial charge is 0.389 e. The molecule has 0 aromatic rings. The number of aliphatic hydroxyl groups excluding tert-OH is 1. The Kier molecular flexibility index (Phi) is 5.18. The van der Waals surface area contributed by atoms with E-state index in [1.54, 1.807) is 7.11 Å². The molecule has 1 aliphatic rings. The Morgan fingerprint density at radius 2 is 1.83 bits per heavy atom. The SMILES string of the molecule is COC(C)(C)C(O)CN(C)CC1(N(C)C)CCC1. The third-order valence-corrected chi connectivity index (χ3v) is 4.61. The van der Waals surface area contributed by atoms with Crippen molar-refractivity contribution in [2.45, 2.75) is 50.4 Å². The quantitative estimate of drug-likeness (QED) is 0.744. The van der Waals surface area contributed by atoms with Crippen LogP contribution in [0.5, 0.6) is 0 Å². The van der Waals surface area contributed by atoms with Crippen LogP contribution in [0.25, 0.3) is 0 Å². The first-order chi connectivity index (χ1) is 8.23. The molecule has 0 spiro atoms. The van der Waals surface area contributed by atoms with E-state index in [4.69, 9.17) is 4.74 Å². The molecule has 1 aliphatic carbocycles. The number of nitrogens with zero attached hydrogens (tertiary/aromatic N) is 2. The van der Waals surface area contributed by atoms with Gasteiger partial charge in [-0.1, -0.05) is 0 Å². The van der Waals surface area contributed by atoms with Crippen molar-refractivity contribution in [1.82, 2.24) is 9.80 Å². The van der Waals surface area contributed by atoms with E-state index in [0.717, 1.165) is 6.54 Å². The first-order valence-electron chi connectivity index (χ1n) is 6.83. The normalized spacial score (nSPS) is 21.2. The van der Waals surface area contributed by atoms with Crippen molar-refractivity contribution in [3.8, 4) is 0 Å². The van der Waals surface area contributed by atoms with Crippen molar-refractivity contribution in [1.29, 1.82) is 0 Å². The van der Waals surface area contributed by atoms with Crippen LogP contribution in [0.2, 0.25) is 0 Å². The van der Waals surface area contributed by atoms with Gasteiger partial charge in [-0.25, -0.2) is 0 Å². The molecule has 0 heterocycles. The van der Waals surface area contributed by atoms with E-state index in [-0.39, 0.29) is 0 Å². The zero-order valence-electron chi connectivity index (χ0n) is 12.9. The molecular weight excluding hydrogens is 228 g/mol. The van der Waals surface area contributed by atoms with Gasteiger partial charge in [-0.05, 0) is 54.3 Å². The smallest absolute Gasteiger partial charge is 0.0950 e. The summed E-state index contributed by atoms with van der Waals surface area (Å²) >= 11 is 0. The fourth-order valence-electron chi connectivity index (χ4n) is 2.55. The van der Waals surface area contributed by atoms with Gasteiger partial charge in [-0.15, -0.1) is 0 Å². The van der Waals surface area contributed by atoms with E-state index in [1.165, 1.54) is 19.3 Å². The zero-order chi connectivity index (χ0) is 14.0. The predicted molar refractivity (Wildman–Crippen MR) is 74.9 cm³/mol. The highest BCUT2D eigenvalue weighted by molar-refractivity contribution is 4.98. The fourth-order valence-corrected chi connectivity index (χ4v) is 2.55. The molecule has 0 bridgehead atoms. The number of hydrogen-bond donors (Lipinski definition) is 1. The maximum absolute atomic E-state index is 10.2. The van der Waals surface area contributed by atoms with Crippen LogP contribution >= 0.6 is 0 Å². The van der Waals surface area contributed by atoms with Gasteiger partial charge in [-0.3, -0.25) is 0 Å². The van der Waals surface area contributed by atoms with Gasteiger partial charge < -0.3 is 19.6 Å². The number of aliphatic hydroxyl groups is 1. The molecule has 1 saturated carbocycles. The summed E-state index contributed by atoms with van der Waals surface area (Å²) in [5.41, 5.74) is -0.176. The van der Waals surface area contributed by atoms with Crippen molar-refractivity contribution >= 4 is 0 Å². The lowest BCUT2D eigenvalue weighted by Gasteiger charge is -2.49. The number of rotatable bonds is 7. The number of methoxy groups -OCH3 is 1. The van der Waals surface area contributed by atoms with Crippen LogP contribution in [0.15, 0.2) is 0 Å². The van der Waals surface area contributed by atoms with Gasteiger partial charge in [0.2, 0.25) is 0 Å². The second kappa shape index (κ2) is 5.87. The number of hydrogen-bond acceptors (Lipinski definition) is 4. The minimum absolute atomic E-state index is 0.311. The maximum atomic E-state index is 10.2. The Morgan fingerprint density at radius 3 is 2.17 bits per heavy atom. The second-order valence-corrected chi connectivity index (χ2v) is 6.49. The average Bonchev–Trinajstić information content (AvgIpc) is 2.22. The summed E-state index contributed by atoms with van der Waals surface area (Å²) in [6.45, 7) is 5.51. The number of ether oxygens (including phenoxy) is 1. The van der Waals surface area contributed by atoms with Crippen LogP contribution in [-0.4, -0.2) is 73.5 Å². The molecule has 0 aliphatic heterocycles. The fraction of sp³-hybridized carbons (Fsp3) is 1.00. The molecule has 1 unspecified atom stereocenters.